The molecule has 2 aromatic rings. The maximum Gasteiger partial charge on any atom is 0.435 e. The molecule has 0 saturated carbocycles. The second-order valence-electron chi connectivity index (χ2n) is 5.25. The van der Waals surface area contributed by atoms with Gasteiger partial charge in [0.2, 0.25) is 5.91 Å². The van der Waals surface area contributed by atoms with Gasteiger partial charge in [-0.15, -0.1) is 10.2 Å². The highest BCUT2D eigenvalue weighted by atomic mass is 35.5. The Kier molecular flexibility index (Phi) is 6.19. The van der Waals surface area contributed by atoms with Crippen molar-refractivity contribution in [2.45, 2.75) is 19.5 Å². The van der Waals surface area contributed by atoms with Crippen LogP contribution in [0.15, 0.2) is 36.4 Å². The van der Waals surface area contributed by atoms with Crippen molar-refractivity contribution in [1.29, 1.82) is 0 Å². The molecule has 1 amide bonds. The Morgan fingerprint density at radius 1 is 1.16 bits per heavy atom. The Morgan fingerprint density at radius 2 is 1.84 bits per heavy atom. The molecule has 9 heteroatoms. The van der Waals surface area contributed by atoms with E-state index in [0.717, 1.165) is 6.07 Å². The van der Waals surface area contributed by atoms with Crippen molar-refractivity contribution in [3.05, 3.63) is 47.1 Å². The van der Waals surface area contributed by atoms with Crippen molar-refractivity contribution in [2.24, 2.45) is 0 Å². The van der Waals surface area contributed by atoms with Gasteiger partial charge >= 0.3 is 6.18 Å². The number of hydrogen-bond donors (Lipinski definition) is 1. The van der Waals surface area contributed by atoms with Crippen LogP contribution >= 0.6 is 11.6 Å². The highest BCUT2D eigenvalue weighted by Gasteiger charge is 2.33. The summed E-state index contributed by atoms with van der Waals surface area (Å²) in [6, 6.07) is 8.65. The molecule has 0 bridgehead atoms. The predicted octanol–water partition coefficient (Wildman–Crippen LogP) is 4.00. The maximum atomic E-state index is 12.6. The summed E-state index contributed by atoms with van der Waals surface area (Å²) in [5.41, 5.74) is -0.498. The summed E-state index contributed by atoms with van der Waals surface area (Å²) in [7, 11) is 0. The number of benzene rings is 1. The summed E-state index contributed by atoms with van der Waals surface area (Å²) >= 11 is 5.78. The third-order valence-electron chi connectivity index (χ3n) is 3.22. The third kappa shape index (κ3) is 5.60. The number of halogens is 4. The van der Waals surface area contributed by atoms with Crippen LogP contribution in [0.25, 0.3) is 0 Å². The van der Waals surface area contributed by atoms with Crippen LogP contribution in [0, 0.1) is 0 Å². The minimum absolute atomic E-state index is 0.0590. The molecule has 0 radical (unpaired) electrons. The minimum atomic E-state index is -4.55. The van der Waals surface area contributed by atoms with Crippen LogP contribution in [0.4, 0.5) is 24.7 Å². The van der Waals surface area contributed by atoms with Gasteiger partial charge in [0.1, 0.15) is 0 Å². The normalized spacial score (nSPS) is 11.2. The monoisotopic (exact) mass is 372 g/mol. The SMILES string of the molecule is CCCN(CC(=O)Nc1ccc(Cl)cc1)c1ccc(C(F)(F)F)nn1. The summed E-state index contributed by atoms with van der Waals surface area (Å²) in [5, 5.41) is 10.0. The molecule has 2 rings (SSSR count). The number of rotatable bonds is 6. The molecule has 0 atom stereocenters. The van der Waals surface area contributed by atoms with E-state index in [9.17, 15) is 18.0 Å². The van der Waals surface area contributed by atoms with Gasteiger partial charge in [-0.05, 0) is 42.8 Å². The summed E-state index contributed by atoms with van der Waals surface area (Å²) in [6.07, 6.45) is -3.86. The fourth-order valence-corrected chi connectivity index (χ4v) is 2.22. The molecule has 1 aromatic heterocycles. The number of anilines is 2. The van der Waals surface area contributed by atoms with Crippen LogP contribution in [-0.2, 0) is 11.0 Å². The van der Waals surface area contributed by atoms with Crippen molar-refractivity contribution in [3.8, 4) is 0 Å². The van der Waals surface area contributed by atoms with Crippen LogP contribution in [0.5, 0.6) is 0 Å². The van der Waals surface area contributed by atoms with Gasteiger partial charge in [-0.3, -0.25) is 4.79 Å². The first-order valence-electron chi connectivity index (χ1n) is 7.51. The summed E-state index contributed by atoms with van der Waals surface area (Å²) < 4.78 is 37.7. The predicted molar refractivity (Wildman–Crippen MR) is 89.6 cm³/mol. The van der Waals surface area contributed by atoms with Gasteiger partial charge in [-0.2, -0.15) is 13.2 Å². The molecule has 0 aliphatic carbocycles. The highest BCUT2D eigenvalue weighted by molar-refractivity contribution is 6.30. The first kappa shape index (κ1) is 19.0. The van der Waals surface area contributed by atoms with E-state index in [1.165, 1.54) is 6.07 Å². The zero-order valence-electron chi connectivity index (χ0n) is 13.3. The van der Waals surface area contributed by atoms with Crippen molar-refractivity contribution in [3.63, 3.8) is 0 Å². The van der Waals surface area contributed by atoms with E-state index >= 15 is 0 Å². The average Bonchev–Trinajstić information content (AvgIpc) is 2.56. The molecule has 0 aliphatic rings. The van der Waals surface area contributed by atoms with Crippen molar-refractivity contribution in [2.75, 3.05) is 23.3 Å². The topological polar surface area (TPSA) is 58.1 Å². The molecule has 0 unspecified atom stereocenters. The minimum Gasteiger partial charge on any atom is -0.346 e. The smallest absolute Gasteiger partial charge is 0.346 e. The number of nitrogens with one attached hydrogen (secondary N) is 1. The van der Waals surface area contributed by atoms with Gasteiger partial charge in [0.05, 0.1) is 6.54 Å². The number of alkyl halides is 3. The Labute approximate surface area is 147 Å². The van der Waals surface area contributed by atoms with E-state index < -0.39 is 11.9 Å². The van der Waals surface area contributed by atoms with Gasteiger partial charge < -0.3 is 10.2 Å². The van der Waals surface area contributed by atoms with Crippen LogP contribution < -0.4 is 10.2 Å². The van der Waals surface area contributed by atoms with Crippen LogP contribution in [0.3, 0.4) is 0 Å². The fourth-order valence-electron chi connectivity index (χ4n) is 2.10. The second-order valence-corrected chi connectivity index (χ2v) is 5.69. The van der Waals surface area contributed by atoms with Gasteiger partial charge in [-0.25, -0.2) is 0 Å². The number of hydrogen-bond acceptors (Lipinski definition) is 4. The average molecular weight is 373 g/mol. The van der Waals surface area contributed by atoms with Crippen LogP contribution in [-0.4, -0.2) is 29.2 Å². The largest absolute Gasteiger partial charge is 0.435 e. The van der Waals surface area contributed by atoms with Gasteiger partial charge in [-0.1, -0.05) is 18.5 Å². The number of aromatic nitrogens is 2. The van der Waals surface area contributed by atoms with Crippen molar-refractivity contribution in [1.82, 2.24) is 10.2 Å². The first-order valence-corrected chi connectivity index (χ1v) is 7.88. The fraction of sp³-hybridized carbons (Fsp3) is 0.312. The number of amides is 1. The molecular weight excluding hydrogens is 357 g/mol. The standard InChI is InChI=1S/C16H16ClF3N4O/c1-2-9-24(14-8-7-13(22-23-14)16(18,19)20)10-15(25)21-12-5-3-11(17)4-6-12/h3-8H,2,9-10H2,1H3,(H,21,25). The molecule has 1 heterocycles. The molecular formula is C16H16ClF3N4O. The molecule has 0 saturated heterocycles. The van der Waals surface area contributed by atoms with E-state index in [4.69, 9.17) is 11.6 Å². The number of nitrogens with zero attached hydrogens (tertiary/aromatic N) is 3. The lowest BCUT2D eigenvalue weighted by molar-refractivity contribution is -0.141. The maximum absolute atomic E-state index is 12.6. The lowest BCUT2D eigenvalue weighted by atomic mass is 10.3. The quantitative estimate of drug-likeness (QED) is 0.832. The third-order valence-corrected chi connectivity index (χ3v) is 3.47. The number of carbonyl (C=O) groups is 1. The van der Waals surface area contributed by atoms with Crippen LogP contribution in [0.2, 0.25) is 5.02 Å². The van der Waals surface area contributed by atoms with E-state index in [-0.39, 0.29) is 18.3 Å². The molecule has 0 spiro atoms. The molecule has 134 valence electrons. The van der Waals surface area contributed by atoms with Gasteiger partial charge in [0, 0.05) is 17.3 Å². The Balaban J connectivity index is 2.06. The molecule has 1 aromatic carbocycles. The molecule has 0 fully saturated rings. The van der Waals surface area contributed by atoms with Gasteiger partial charge in [0.25, 0.3) is 0 Å². The second kappa shape index (κ2) is 8.15. The molecule has 1 N–H and O–H groups in total. The summed E-state index contributed by atoms with van der Waals surface area (Å²) in [6.45, 7) is 2.28. The molecule has 5 nitrogen and oxygen atoms in total. The summed E-state index contributed by atoms with van der Waals surface area (Å²) in [4.78, 5) is 13.7. The van der Waals surface area contributed by atoms with Crippen molar-refractivity contribution < 1.29 is 18.0 Å². The number of carbonyl (C=O) groups excluding carboxylic acids is 1. The van der Waals surface area contributed by atoms with E-state index in [1.54, 1.807) is 29.2 Å². The lowest BCUT2D eigenvalue weighted by Gasteiger charge is -2.22. The van der Waals surface area contributed by atoms with Gasteiger partial charge in [0.15, 0.2) is 11.5 Å². The van der Waals surface area contributed by atoms with Crippen LogP contribution in [0.1, 0.15) is 19.0 Å². The molecule has 25 heavy (non-hydrogen) atoms. The summed E-state index contributed by atoms with van der Waals surface area (Å²) in [5.74, 6) is -0.112. The first-order chi connectivity index (χ1) is 11.8. The Morgan fingerprint density at radius 3 is 2.36 bits per heavy atom. The zero-order chi connectivity index (χ0) is 18.4. The van der Waals surface area contributed by atoms with E-state index in [1.807, 2.05) is 6.92 Å². The Bertz CT molecular complexity index is 705. The van der Waals surface area contributed by atoms with E-state index in [2.05, 4.69) is 15.5 Å². The zero-order valence-corrected chi connectivity index (χ0v) is 14.1. The van der Waals surface area contributed by atoms with Crippen molar-refractivity contribution >= 4 is 29.0 Å². The molecule has 0 aliphatic heterocycles. The lowest BCUT2D eigenvalue weighted by Crippen LogP contribution is -2.34. The highest BCUT2D eigenvalue weighted by Crippen LogP contribution is 2.27. The Hall–Kier alpha value is -2.35. The van der Waals surface area contributed by atoms with E-state index in [0.29, 0.717) is 23.7 Å².